The number of nitrogens with zero attached hydrogens (tertiary/aromatic N) is 5. The molecule has 2 aromatic heterocycles. The van der Waals surface area contributed by atoms with Crippen LogP contribution < -0.4 is 10.2 Å². The van der Waals surface area contributed by atoms with Crippen LogP contribution in [0.4, 0.5) is 11.4 Å². The average molecular weight is 344 g/mol. The zero-order chi connectivity index (χ0) is 16.5. The Morgan fingerprint density at radius 2 is 2.04 bits per heavy atom. The first-order chi connectivity index (χ1) is 11.7. The number of aryl methyl sites for hydroxylation is 1. The number of aromatic nitrogens is 4. The minimum Gasteiger partial charge on any atom is -0.378 e. The van der Waals surface area contributed by atoms with E-state index in [4.69, 9.17) is 4.74 Å². The maximum absolute atomic E-state index is 12.6. The van der Waals surface area contributed by atoms with Gasteiger partial charge in [0.15, 0.2) is 5.82 Å². The summed E-state index contributed by atoms with van der Waals surface area (Å²) < 4.78 is 6.97. The normalized spacial score (nSPS) is 15.0. The van der Waals surface area contributed by atoms with Gasteiger partial charge >= 0.3 is 0 Å². The number of ether oxygens (including phenoxy) is 1. The summed E-state index contributed by atoms with van der Waals surface area (Å²) in [6.07, 6.45) is 0. The minimum absolute atomic E-state index is 0.245. The molecule has 8 nitrogen and oxygen atoms in total. The molecule has 1 N–H and O–H groups in total. The molecule has 3 aromatic rings. The Morgan fingerprint density at radius 1 is 1.25 bits per heavy atom. The third-order valence-corrected chi connectivity index (χ3v) is 4.74. The van der Waals surface area contributed by atoms with E-state index < -0.39 is 0 Å². The zero-order valence-corrected chi connectivity index (χ0v) is 13.9. The molecule has 1 aliphatic rings. The summed E-state index contributed by atoms with van der Waals surface area (Å²) in [4.78, 5) is 15.4. The fourth-order valence-electron chi connectivity index (χ4n) is 2.64. The molecule has 4 rings (SSSR count). The monoisotopic (exact) mass is 344 g/mol. The Labute approximate surface area is 142 Å². The number of carbonyl (C=O) groups is 1. The van der Waals surface area contributed by atoms with Gasteiger partial charge in [0.05, 0.1) is 24.6 Å². The van der Waals surface area contributed by atoms with Gasteiger partial charge in [-0.1, -0.05) is 23.5 Å². The molecule has 1 aliphatic heterocycles. The van der Waals surface area contributed by atoms with Crippen molar-refractivity contribution in [2.45, 2.75) is 6.92 Å². The fraction of sp³-hybridized carbons (Fsp3) is 0.333. The molecule has 9 heteroatoms. The number of para-hydroxylation sites is 2. The van der Waals surface area contributed by atoms with Crippen LogP contribution in [0.2, 0.25) is 0 Å². The Hall–Kier alpha value is -2.52. The second kappa shape index (κ2) is 6.17. The number of nitrogens with one attached hydrogen (secondary N) is 1. The van der Waals surface area contributed by atoms with Gasteiger partial charge in [-0.3, -0.25) is 4.79 Å². The summed E-state index contributed by atoms with van der Waals surface area (Å²) in [5.74, 6) is 0.416. The van der Waals surface area contributed by atoms with Gasteiger partial charge in [0.25, 0.3) is 5.91 Å². The van der Waals surface area contributed by atoms with Crippen LogP contribution >= 0.6 is 11.3 Å². The lowest BCUT2D eigenvalue weighted by molar-refractivity contribution is 0.102. The topological polar surface area (TPSA) is 84.7 Å². The van der Waals surface area contributed by atoms with Crippen LogP contribution in [0.25, 0.3) is 4.96 Å². The molecule has 24 heavy (non-hydrogen) atoms. The molecule has 0 bridgehead atoms. The molecule has 0 unspecified atom stereocenters. The number of hydrogen-bond donors (Lipinski definition) is 1. The lowest BCUT2D eigenvalue weighted by Gasteiger charge is -2.30. The van der Waals surface area contributed by atoms with E-state index in [9.17, 15) is 4.79 Å². The van der Waals surface area contributed by atoms with Crippen LogP contribution in [-0.4, -0.2) is 52.0 Å². The summed E-state index contributed by atoms with van der Waals surface area (Å²) in [6, 6.07) is 7.77. The van der Waals surface area contributed by atoms with Crippen LogP contribution in [-0.2, 0) is 4.74 Å². The molecular formula is C15H16N6O2S. The van der Waals surface area contributed by atoms with E-state index in [-0.39, 0.29) is 5.91 Å². The summed E-state index contributed by atoms with van der Waals surface area (Å²) in [5.41, 5.74) is 1.76. The fourth-order valence-corrected chi connectivity index (χ4v) is 3.42. The Bertz CT molecular complexity index is 883. The standard InChI is InChI=1S/C15H16N6O2S/c1-10-17-18-15-21(10)19-14(24-15)13(22)16-11-4-2-3-5-12(11)20-6-8-23-9-7-20/h2-5H,6-9H2,1H3,(H,16,22). The highest BCUT2D eigenvalue weighted by Crippen LogP contribution is 2.27. The first-order valence-corrected chi connectivity index (χ1v) is 8.46. The van der Waals surface area contributed by atoms with Crippen molar-refractivity contribution < 1.29 is 9.53 Å². The van der Waals surface area contributed by atoms with Gasteiger partial charge in [-0.15, -0.1) is 15.3 Å². The van der Waals surface area contributed by atoms with E-state index in [0.29, 0.717) is 29.0 Å². The summed E-state index contributed by atoms with van der Waals surface area (Å²) >= 11 is 1.22. The number of hydrogen-bond acceptors (Lipinski definition) is 7. The Morgan fingerprint density at radius 3 is 2.83 bits per heavy atom. The lowest BCUT2D eigenvalue weighted by atomic mass is 10.2. The van der Waals surface area contributed by atoms with Crippen molar-refractivity contribution in [2.24, 2.45) is 0 Å². The zero-order valence-electron chi connectivity index (χ0n) is 13.1. The van der Waals surface area contributed by atoms with E-state index in [0.717, 1.165) is 24.5 Å². The molecule has 1 saturated heterocycles. The van der Waals surface area contributed by atoms with Crippen molar-refractivity contribution >= 4 is 33.6 Å². The molecular weight excluding hydrogens is 328 g/mol. The number of carbonyl (C=O) groups excluding carboxylic acids is 1. The van der Waals surface area contributed by atoms with Crippen molar-refractivity contribution in [1.29, 1.82) is 0 Å². The van der Waals surface area contributed by atoms with Gasteiger partial charge in [-0.25, -0.2) is 0 Å². The molecule has 0 saturated carbocycles. The van der Waals surface area contributed by atoms with Crippen molar-refractivity contribution in [1.82, 2.24) is 19.8 Å². The predicted octanol–water partition coefficient (Wildman–Crippen LogP) is 1.58. The van der Waals surface area contributed by atoms with E-state index in [1.54, 1.807) is 11.4 Å². The number of benzene rings is 1. The molecule has 1 amide bonds. The van der Waals surface area contributed by atoms with E-state index in [2.05, 4.69) is 25.5 Å². The number of fused-ring (bicyclic) bond motifs is 1. The van der Waals surface area contributed by atoms with Crippen LogP contribution in [0.1, 0.15) is 15.6 Å². The molecule has 1 fully saturated rings. The van der Waals surface area contributed by atoms with Crippen molar-refractivity contribution in [3.05, 3.63) is 35.1 Å². The van der Waals surface area contributed by atoms with Crippen LogP contribution in [0, 0.1) is 6.92 Å². The second-order valence-electron chi connectivity index (χ2n) is 5.42. The third-order valence-electron chi connectivity index (χ3n) is 3.85. The van der Waals surface area contributed by atoms with Gasteiger partial charge < -0.3 is 15.0 Å². The summed E-state index contributed by atoms with van der Waals surface area (Å²) in [6.45, 7) is 4.80. The molecule has 1 aromatic carbocycles. The molecule has 0 radical (unpaired) electrons. The second-order valence-corrected chi connectivity index (χ2v) is 6.38. The number of amides is 1. The van der Waals surface area contributed by atoms with E-state index >= 15 is 0 Å². The molecule has 0 atom stereocenters. The van der Waals surface area contributed by atoms with Gasteiger partial charge in [0.1, 0.15) is 0 Å². The largest absolute Gasteiger partial charge is 0.378 e. The van der Waals surface area contributed by atoms with Crippen molar-refractivity contribution in [3.63, 3.8) is 0 Å². The van der Waals surface area contributed by atoms with Gasteiger partial charge in [0, 0.05) is 13.1 Å². The van der Waals surface area contributed by atoms with Crippen molar-refractivity contribution in [2.75, 3.05) is 36.5 Å². The molecule has 0 spiro atoms. The van der Waals surface area contributed by atoms with Crippen LogP contribution in [0.5, 0.6) is 0 Å². The number of morpholine rings is 1. The molecule has 0 aliphatic carbocycles. The van der Waals surface area contributed by atoms with Gasteiger partial charge in [-0.2, -0.15) is 4.52 Å². The number of rotatable bonds is 3. The average Bonchev–Trinajstić information content (AvgIpc) is 3.19. The van der Waals surface area contributed by atoms with Gasteiger partial charge in [0.2, 0.25) is 9.97 Å². The highest BCUT2D eigenvalue weighted by Gasteiger charge is 2.19. The highest BCUT2D eigenvalue weighted by atomic mass is 32.1. The summed E-state index contributed by atoms with van der Waals surface area (Å²) in [5, 5.41) is 15.5. The molecule has 3 heterocycles. The summed E-state index contributed by atoms with van der Waals surface area (Å²) in [7, 11) is 0. The minimum atomic E-state index is -0.245. The SMILES string of the molecule is Cc1nnc2sc(C(=O)Nc3ccccc3N3CCOCC3)nn12. The molecule has 124 valence electrons. The van der Waals surface area contributed by atoms with E-state index in [1.165, 1.54) is 11.3 Å². The third kappa shape index (κ3) is 2.72. The Kier molecular flexibility index (Phi) is 3.87. The Balaban J connectivity index is 1.59. The quantitative estimate of drug-likeness (QED) is 0.777. The van der Waals surface area contributed by atoms with Gasteiger partial charge in [-0.05, 0) is 19.1 Å². The lowest BCUT2D eigenvalue weighted by Crippen LogP contribution is -2.36. The van der Waals surface area contributed by atoms with E-state index in [1.807, 2.05) is 24.3 Å². The maximum Gasteiger partial charge on any atom is 0.286 e. The van der Waals surface area contributed by atoms with Crippen molar-refractivity contribution in [3.8, 4) is 0 Å². The van der Waals surface area contributed by atoms with Crippen LogP contribution in [0.15, 0.2) is 24.3 Å². The predicted molar refractivity (Wildman–Crippen MR) is 90.8 cm³/mol. The highest BCUT2D eigenvalue weighted by molar-refractivity contribution is 7.18. The first kappa shape index (κ1) is 15.0. The number of anilines is 2. The smallest absolute Gasteiger partial charge is 0.286 e. The van der Waals surface area contributed by atoms with Crippen LogP contribution in [0.3, 0.4) is 0 Å². The maximum atomic E-state index is 12.6. The first-order valence-electron chi connectivity index (χ1n) is 7.64.